The van der Waals surface area contributed by atoms with Crippen LogP contribution in [0.3, 0.4) is 0 Å². The van der Waals surface area contributed by atoms with E-state index in [-0.39, 0.29) is 67.2 Å². The van der Waals surface area contributed by atoms with Crippen molar-refractivity contribution < 1.29 is 22.7 Å². The molecule has 13 nitrogen and oxygen atoms in total. The Morgan fingerprint density at radius 1 is 1.12 bits per heavy atom. The molecule has 0 radical (unpaired) electrons. The number of fused-ring (bicyclic) bond motifs is 6. The molecule has 4 heterocycles. The number of methoxy groups -OCH3 is 1. The lowest BCUT2D eigenvalue weighted by Crippen LogP contribution is -2.39. The van der Waals surface area contributed by atoms with E-state index < -0.39 is 33.4 Å². The number of ether oxygens (including phenoxy) is 1. The Hall–Kier alpha value is -4.04. The lowest BCUT2D eigenvalue weighted by atomic mass is 9.99. The number of hydrogen-bond acceptors (Lipinski definition) is 8. The zero-order valence-corrected chi connectivity index (χ0v) is 24.9. The molecule has 2 amide bonds. The van der Waals surface area contributed by atoms with Gasteiger partial charge in [0.2, 0.25) is 15.9 Å². The molecule has 2 atom stereocenters. The third-order valence-electron chi connectivity index (χ3n) is 7.89. The van der Waals surface area contributed by atoms with Gasteiger partial charge in [0, 0.05) is 51.8 Å². The quantitative estimate of drug-likeness (QED) is 0.470. The number of carbonyl (C=O) groups excluding carboxylic acids is 2. The van der Waals surface area contributed by atoms with Crippen molar-refractivity contribution in [3.63, 3.8) is 0 Å². The van der Waals surface area contributed by atoms with Gasteiger partial charge in [-0.3, -0.25) is 14.4 Å². The highest BCUT2D eigenvalue weighted by atomic mass is 32.2. The number of nitrogens with one attached hydrogen (secondary N) is 1. The number of amides is 2. The minimum Gasteiger partial charge on any atom is -0.495 e. The largest absolute Gasteiger partial charge is 0.495 e. The van der Waals surface area contributed by atoms with Crippen LogP contribution in [0.4, 0.5) is 0 Å². The first-order valence-electron chi connectivity index (χ1n) is 13.8. The van der Waals surface area contributed by atoms with Crippen LogP contribution in [0.1, 0.15) is 53.8 Å². The van der Waals surface area contributed by atoms with Gasteiger partial charge in [-0.25, -0.2) is 13.1 Å². The van der Waals surface area contributed by atoms with Gasteiger partial charge in [0.15, 0.2) is 0 Å². The molecular weight excluding hydrogens is 562 g/mol. The maximum atomic E-state index is 14.0. The van der Waals surface area contributed by atoms with Crippen molar-refractivity contribution in [2.45, 2.75) is 43.7 Å². The summed E-state index contributed by atoms with van der Waals surface area (Å²) in [7, 11) is -0.995. The molecule has 1 fully saturated rings. The van der Waals surface area contributed by atoms with Crippen molar-refractivity contribution in [2.24, 2.45) is 5.92 Å². The molecular formula is C28H35N7O6S. The Morgan fingerprint density at radius 3 is 2.64 bits per heavy atom. The van der Waals surface area contributed by atoms with E-state index in [0.717, 1.165) is 5.56 Å². The molecule has 0 aliphatic carbocycles. The molecule has 4 bridgehead atoms. The first kappa shape index (κ1) is 29.5. The van der Waals surface area contributed by atoms with E-state index in [1.165, 1.54) is 26.9 Å². The normalized spacial score (nSPS) is 20.5. The standard InChI is InChI=1S/C28H35N7O6S/c1-18(2)19-7-8-24(41-4)25(12-19)42(39,40)34-14-20-13-26(36)29-9-11-32(3)27(37)22-6-5-10-33(28(22)38)15-21-16-35(31-30-21)23(20)17-34/h5-8,10,12,16,18,20,23H,9,11,13-15,17H2,1-4H3,(H,29,36)/t20-,23+/m0/s1. The van der Waals surface area contributed by atoms with E-state index in [9.17, 15) is 22.8 Å². The maximum Gasteiger partial charge on any atom is 0.263 e. The minimum absolute atomic E-state index is 0.0134. The van der Waals surface area contributed by atoms with Gasteiger partial charge in [-0.1, -0.05) is 25.1 Å². The molecule has 1 saturated heterocycles. The van der Waals surface area contributed by atoms with Crippen LogP contribution in [0.2, 0.25) is 0 Å². The number of likely N-dealkylation sites (N-methyl/N-ethyl adjacent to an activating group) is 1. The van der Waals surface area contributed by atoms with E-state index in [1.54, 1.807) is 42.3 Å². The average Bonchev–Trinajstić information content (AvgIpc) is 3.60. The van der Waals surface area contributed by atoms with Crippen LogP contribution in [-0.2, 0) is 21.4 Å². The van der Waals surface area contributed by atoms with Crippen molar-refractivity contribution >= 4 is 21.8 Å². The SMILES string of the molecule is COc1ccc(C(C)C)cc1S(=O)(=O)N1C[C@@H]2CC(=O)NCCN(C)C(=O)c3cccn(c3=O)Cc3cn(nn3)[C@@H]2C1. The van der Waals surface area contributed by atoms with Crippen molar-refractivity contribution in [2.75, 3.05) is 40.3 Å². The fourth-order valence-corrected chi connectivity index (χ4v) is 7.14. The van der Waals surface area contributed by atoms with Crippen molar-refractivity contribution in [1.82, 2.24) is 34.1 Å². The highest BCUT2D eigenvalue weighted by Crippen LogP contribution is 2.37. The highest BCUT2D eigenvalue weighted by molar-refractivity contribution is 7.89. The number of benzene rings is 1. The van der Waals surface area contributed by atoms with Gasteiger partial charge >= 0.3 is 0 Å². The Morgan fingerprint density at radius 2 is 1.90 bits per heavy atom. The molecule has 14 heteroatoms. The van der Waals surface area contributed by atoms with Crippen molar-refractivity contribution in [3.05, 3.63) is 69.9 Å². The van der Waals surface area contributed by atoms with Gasteiger partial charge < -0.3 is 19.5 Å². The average molecular weight is 598 g/mol. The number of rotatable bonds is 4. The van der Waals surface area contributed by atoms with Crippen LogP contribution >= 0.6 is 0 Å². The predicted octanol–water partition coefficient (Wildman–Crippen LogP) is 1.07. The first-order valence-corrected chi connectivity index (χ1v) is 15.2. The van der Waals surface area contributed by atoms with Gasteiger partial charge in [0.05, 0.1) is 25.9 Å². The van der Waals surface area contributed by atoms with Crippen LogP contribution in [-0.4, -0.2) is 89.3 Å². The van der Waals surface area contributed by atoms with Crippen molar-refractivity contribution in [3.8, 4) is 5.75 Å². The van der Waals surface area contributed by atoms with Gasteiger partial charge in [0.25, 0.3) is 11.5 Å². The summed E-state index contributed by atoms with van der Waals surface area (Å²) >= 11 is 0. The summed E-state index contributed by atoms with van der Waals surface area (Å²) in [6.07, 6.45) is 3.28. The van der Waals surface area contributed by atoms with E-state index >= 15 is 0 Å². The Kier molecular flexibility index (Phi) is 8.19. The third kappa shape index (κ3) is 5.68. The summed E-state index contributed by atoms with van der Waals surface area (Å²) < 4.78 is 37.7. The molecule has 0 spiro atoms. The fourth-order valence-electron chi connectivity index (χ4n) is 5.43. The zero-order valence-electron chi connectivity index (χ0n) is 24.1. The van der Waals surface area contributed by atoms with Gasteiger partial charge in [-0.2, -0.15) is 4.31 Å². The summed E-state index contributed by atoms with van der Waals surface area (Å²) in [5, 5.41) is 11.3. The van der Waals surface area contributed by atoms with Crippen LogP contribution in [0.5, 0.6) is 5.75 Å². The van der Waals surface area contributed by atoms with E-state index in [0.29, 0.717) is 5.69 Å². The molecule has 42 heavy (non-hydrogen) atoms. The minimum atomic E-state index is -4.00. The molecule has 2 aromatic heterocycles. The zero-order chi connectivity index (χ0) is 30.2. The number of hydrogen-bond donors (Lipinski definition) is 1. The van der Waals surface area contributed by atoms with E-state index in [1.807, 2.05) is 19.9 Å². The molecule has 3 aromatic rings. The first-order chi connectivity index (χ1) is 20.0. The second kappa shape index (κ2) is 11.7. The van der Waals surface area contributed by atoms with Crippen LogP contribution in [0.15, 0.2) is 52.4 Å². The second-order valence-electron chi connectivity index (χ2n) is 11.0. The van der Waals surface area contributed by atoms with Crippen LogP contribution in [0.25, 0.3) is 0 Å². The molecule has 0 saturated carbocycles. The van der Waals surface area contributed by atoms with Gasteiger partial charge in [0.1, 0.15) is 21.9 Å². The predicted molar refractivity (Wildman–Crippen MR) is 153 cm³/mol. The molecule has 0 unspecified atom stereocenters. The number of nitrogens with zero attached hydrogens (tertiary/aromatic N) is 6. The third-order valence-corrected chi connectivity index (χ3v) is 9.74. The van der Waals surface area contributed by atoms with Crippen molar-refractivity contribution in [1.29, 1.82) is 0 Å². The second-order valence-corrected chi connectivity index (χ2v) is 12.9. The smallest absolute Gasteiger partial charge is 0.263 e. The lowest BCUT2D eigenvalue weighted by molar-refractivity contribution is -0.122. The van der Waals surface area contributed by atoms with Crippen LogP contribution in [0, 0.1) is 5.92 Å². The number of pyridine rings is 1. The van der Waals surface area contributed by atoms with Crippen LogP contribution < -0.4 is 15.6 Å². The molecule has 2 aliphatic rings. The lowest BCUT2D eigenvalue weighted by Gasteiger charge is -2.20. The molecule has 2 aliphatic heterocycles. The number of sulfonamides is 1. The van der Waals surface area contributed by atoms with E-state index in [2.05, 4.69) is 15.6 Å². The van der Waals surface area contributed by atoms with E-state index in [4.69, 9.17) is 4.74 Å². The number of carbonyl (C=O) groups is 2. The monoisotopic (exact) mass is 597 g/mol. The molecule has 1 aromatic carbocycles. The summed E-state index contributed by atoms with van der Waals surface area (Å²) in [4.78, 5) is 40.5. The Labute approximate surface area is 244 Å². The highest BCUT2D eigenvalue weighted by Gasteiger charge is 2.42. The Balaban J connectivity index is 1.51. The summed E-state index contributed by atoms with van der Waals surface area (Å²) in [5.41, 5.74) is 0.869. The van der Waals surface area contributed by atoms with Gasteiger partial charge in [-0.05, 0) is 35.7 Å². The number of aromatic nitrogens is 4. The van der Waals surface area contributed by atoms with Gasteiger partial charge in [-0.15, -0.1) is 5.10 Å². The molecule has 224 valence electrons. The fraction of sp³-hybridized carbons (Fsp3) is 0.464. The summed E-state index contributed by atoms with van der Waals surface area (Å²) in [5.74, 6) is -0.782. The molecule has 5 rings (SSSR count). The Bertz CT molecular complexity index is 1660. The maximum absolute atomic E-state index is 14.0. The summed E-state index contributed by atoms with van der Waals surface area (Å²) in [6.45, 7) is 4.58. The summed E-state index contributed by atoms with van der Waals surface area (Å²) in [6, 6.07) is 7.77. The topological polar surface area (TPSA) is 149 Å². The molecule has 1 N–H and O–H groups in total.